The summed E-state index contributed by atoms with van der Waals surface area (Å²) in [5, 5.41) is 8.92. The van der Waals surface area contributed by atoms with Crippen molar-refractivity contribution in [2.45, 2.75) is 10.4 Å². The molecule has 0 radical (unpaired) electrons. The third kappa shape index (κ3) is 6.65. The molecule has 118 valence electrons. The van der Waals surface area contributed by atoms with Crippen LogP contribution >= 0.6 is 11.8 Å². The molecule has 0 aliphatic heterocycles. The van der Waals surface area contributed by atoms with Crippen molar-refractivity contribution in [2.24, 2.45) is 0 Å². The first-order valence-electron chi connectivity index (χ1n) is 5.99. The number of methoxy groups -OCH3 is 1. The van der Waals surface area contributed by atoms with Crippen molar-refractivity contribution in [1.29, 1.82) is 5.26 Å². The van der Waals surface area contributed by atoms with Gasteiger partial charge in [0.1, 0.15) is 18.2 Å². The molecule has 0 atom stereocenters. The zero-order valence-electron chi connectivity index (χ0n) is 11.5. The summed E-state index contributed by atoms with van der Waals surface area (Å²) in [5.74, 6) is -0.812. The molecule has 0 bridgehead atoms. The third-order valence-electron chi connectivity index (χ3n) is 2.29. The minimum Gasteiger partial charge on any atom is -0.459 e. The van der Waals surface area contributed by atoms with Crippen LogP contribution in [-0.2, 0) is 14.3 Å². The van der Waals surface area contributed by atoms with E-state index in [1.54, 1.807) is 6.07 Å². The largest absolute Gasteiger partial charge is 0.459 e. The van der Waals surface area contributed by atoms with Crippen molar-refractivity contribution in [3.63, 3.8) is 0 Å². The number of carbonyl (C=O) groups excluding carboxylic acids is 1. The predicted octanol–water partition coefficient (Wildman–Crippen LogP) is 3.40. The second-order valence-corrected chi connectivity index (χ2v) is 5.05. The Balaban J connectivity index is 2.77. The van der Waals surface area contributed by atoms with Crippen LogP contribution in [0.3, 0.4) is 0 Å². The van der Waals surface area contributed by atoms with Gasteiger partial charge in [-0.15, -0.1) is 0 Å². The number of halogens is 3. The zero-order chi connectivity index (χ0) is 16.6. The molecule has 0 aliphatic carbocycles. The van der Waals surface area contributed by atoms with Gasteiger partial charge in [-0.1, -0.05) is 12.1 Å². The Hall–Kier alpha value is -1.98. The fourth-order valence-corrected chi connectivity index (χ4v) is 1.90. The van der Waals surface area contributed by atoms with Gasteiger partial charge >= 0.3 is 11.5 Å². The first kappa shape index (κ1) is 18.1. The van der Waals surface area contributed by atoms with Gasteiger partial charge in [0.2, 0.25) is 0 Å². The van der Waals surface area contributed by atoms with Gasteiger partial charge in [0, 0.05) is 12.0 Å². The van der Waals surface area contributed by atoms with Crippen LogP contribution in [0.2, 0.25) is 0 Å². The lowest BCUT2D eigenvalue weighted by atomic mass is 10.1. The van der Waals surface area contributed by atoms with Crippen molar-refractivity contribution >= 4 is 23.8 Å². The Labute approximate surface area is 129 Å². The van der Waals surface area contributed by atoms with Gasteiger partial charge in [-0.2, -0.15) is 18.4 Å². The van der Waals surface area contributed by atoms with Crippen molar-refractivity contribution < 1.29 is 27.4 Å². The van der Waals surface area contributed by atoms with Crippen molar-refractivity contribution in [3.05, 3.63) is 35.4 Å². The minimum absolute atomic E-state index is 0.00944. The molecule has 0 saturated heterocycles. The fourth-order valence-electron chi connectivity index (χ4n) is 1.36. The molecule has 1 rings (SSSR count). The second kappa shape index (κ2) is 8.46. The number of alkyl halides is 3. The van der Waals surface area contributed by atoms with E-state index in [9.17, 15) is 18.0 Å². The van der Waals surface area contributed by atoms with Crippen molar-refractivity contribution in [3.8, 4) is 6.07 Å². The normalized spacial score (nSPS) is 11.9. The molecule has 0 N–H and O–H groups in total. The van der Waals surface area contributed by atoms with E-state index in [-0.39, 0.29) is 35.4 Å². The second-order valence-electron chi connectivity index (χ2n) is 3.92. The van der Waals surface area contributed by atoms with Crippen LogP contribution in [0.25, 0.3) is 6.08 Å². The number of carbonyl (C=O) groups is 1. The van der Waals surface area contributed by atoms with Crippen LogP contribution in [0.5, 0.6) is 0 Å². The van der Waals surface area contributed by atoms with Gasteiger partial charge in [0.15, 0.2) is 0 Å². The molecule has 4 nitrogen and oxygen atoms in total. The van der Waals surface area contributed by atoms with E-state index >= 15 is 0 Å². The molecule has 22 heavy (non-hydrogen) atoms. The fraction of sp³-hybridized carbons (Fsp3) is 0.286. The highest BCUT2D eigenvalue weighted by molar-refractivity contribution is 8.00. The van der Waals surface area contributed by atoms with Crippen LogP contribution < -0.4 is 0 Å². The Kier molecular flexibility index (Phi) is 6.95. The molecule has 1 aromatic carbocycles. The average molecular weight is 331 g/mol. The number of rotatable bonds is 6. The van der Waals surface area contributed by atoms with Gasteiger partial charge in [-0.05, 0) is 35.5 Å². The van der Waals surface area contributed by atoms with E-state index in [0.29, 0.717) is 5.56 Å². The molecule has 0 aliphatic rings. The van der Waals surface area contributed by atoms with Crippen LogP contribution in [0, 0.1) is 11.3 Å². The van der Waals surface area contributed by atoms with Gasteiger partial charge in [0.25, 0.3) is 0 Å². The predicted molar refractivity (Wildman–Crippen MR) is 74.8 cm³/mol. The van der Waals surface area contributed by atoms with E-state index in [0.717, 1.165) is 0 Å². The standard InChI is InChI=1S/C14H12F3NO3S/c1-20-6-7-21-13(19)11(9-18)8-10-2-4-12(5-3-10)22-14(15,16)17/h2-5,8H,6-7H2,1H3/b11-8-. The maximum Gasteiger partial charge on any atom is 0.446 e. The summed E-state index contributed by atoms with van der Waals surface area (Å²) in [6.07, 6.45) is 1.25. The van der Waals surface area contributed by atoms with E-state index < -0.39 is 11.5 Å². The summed E-state index contributed by atoms with van der Waals surface area (Å²) in [6, 6.07) is 6.97. The van der Waals surface area contributed by atoms with Gasteiger partial charge < -0.3 is 9.47 Å². The smallest absolute Gasteiger partial charge is 0.446 e. The van der Waals surface area contributed by atoms with Crippen LogP contribution in [0.4, 0.5) is 13.2 Å². The third-order valence-corrected chi connectivity index (χ3v) is 3.02. The maximum atomic E-state index is 12.2. The Morgan fingerprint density at radius 2 is 1.95 bits per heavy atom. The number of hydrogen-bond donors (Lipinski definition) is 0. The minimum atomic E-state index is -4.36. The Morgan fingerprint density at radius 3 is 2.45 bits per heavy atom. The van der Waals surface area contributed by atoms with Crippen molar-refractivity contribution in [2.75, 3.05) is 20.3 Å². The molecule has 1 aromatic rings. The summed E-state index contributed by atoms with van der Waals surface area (Å²) in [7, 11) is 1.44. The Morgan fingerprint density at radius 1 is 1.32 bits per heavy atom. The molecule has 0 saturated carbocycles. The lowest BCUT2D eigenvalue weighted by Crippen LogP contribution is -2.11. The van der Waals surface area contributed by atoms with E-state index in [4.69, 9.17) is 14.7 Å². The highest BCUT2D eigenvalue weighted by Crippen LogP contribution is 2.36. The van der Waals surface area contributed by atoms with Gasteiger partial charge in [-0.25, -0.2) is 4.79 Å². The quantitative estimate of drug-likeness (QED) is 0.263. The first-order chi connectivity index (χ1) is 10.4. The lowest BCUT2D eigenvalue weighted by Gasteiger charge is -2.05. The maximum absolute atomic E-state index is 12.2. The van der Waals surface area contributed by atoms with Crippen LogP contribution in [0.1, 0.15) is 5.56 Å². The first-order valence-corrected chi connectivity index (χ1v) is 6.81. The average Bonchev–Trinajstić information content (AvgIpc) is 2.45. The molecule has 0 fully saturated rings. The lowest BCUT2D eigenvalue weighted by molar-refractivity contribution is -0.139. The zero-order valence-corrected chi connectivity index (χ0v) is 12.3. The number of benzene rings is 1. The van der Waals surface area contributed by atoms with E-state index in [1.165, 1.54) is 37.5 Å². The van der Waals surface area contributed by atoms with Crippen molar-refractivity contribution in [1.82, 2.24) is 0 Å². The topological polar surface area (TPSA) is 59.3 Å². The number of ether oxygens (including phenoxy) is 2. The SMILES string of the molecule is COCCOC(=O)/C(C#N)=C\c1ccc(SC(F)(F)F)cc1. The monoisotopic (exact) mass is 331 g/mol. The van der Waals surface area contributed by atoms with Crippen LogP contribution in [0.15, 0.2) is 34.7 Å². The summed E-state index contributed by atoms with van der Waals surface area (Å²) in [5.41, 5.74) is -4.18. The molecule has 0 aromatic heterocycles. The molecule has 0 heterocycles. The summed E-state index contributed by atoms with van der Waals surface area (Å²) in [6.45, 7) is 0.212. The molecular weight excluding hydrogens is 319 g/mol. The van der Waals surface area contributed by atoms with Gasteiger partial charge in [-0.3, -0.25) is 0 Å². The number of thioether (sulfide) groups is 1. The number of nitrogens with zero attached hydrogens (tertiary/aromatic N) is 1. The van der Waals surface area contributed by atoms with Gasteiger partial charge in [0.05, 0.1) is 6.61 Å². The molecular formula is C14H12F3NO3S. The highest BCUT2D eigenvalue weighted by atomic mass is 32.2. The van der Waals surface area contributed by atoms with Crippen LogP contribution in [-0.4, -0.2) is 31.8 Å². The summed E-state index contributed by atoms with van der Waals surface area (Å²) >= 11 is -0.237. The summed E-state index contributed by atoms with van der Waals surface area (Å²) < 4.78 is 46.1. The highest BCUT2D eigenvalue weighted by Gasteiger charge is 2.28. The van der Waals surface area contributed by atoms with E-state index in [2.05, 4.69) is 0 Å². The number of nitriles is 1. The molecule has 0 spiro atoms. The Bertz CT molecular complexity index is 576. The molecule has 0 unspecified atom stereocenters. The number of esters is 1. The summed E-state index contributed by atoms with van der Waals surface area (Å²) in [4.78, 5) is 11.6. The number of hydrogen-bond acceptors (Lipinski definition) is 5. The van der Waals surface area contributed by atoms with E-state index in [1.807, 2.05) is 0 Å². The molecule has 8 heteroatoms. The molecule has 0 amide bonds.